The number of rotatable bonds is 5. The van der Waals surface area contributed by atoms with Crippen molar-refractivity contribution in [1.82, 2.24) is 5.32 Å². The van der Waals surface area contributed by atoms with Gasteiger partial charge in [0.05, 0.1) is 5.02 Å². The Morgan fingerprint density at radius 3 is 2.68 bits per heavy atom. The molecule has 0 amide bonds. The molecule has 0 unspecified atom stereocenters. The van der Waals surface area contributed by atoms with E-state index in [0.717, 1.165) is 12.3 Å². The molecule has 1 aliphatic rings. The van der Waals surface area contributed by atoms with Crippen LogP contribution in [0.25, 0.3) is 0 Å². The minimum atomic E-state index is 0.680. The van der Waals surface area contributed by atoms with Gasteiger partial charge in [-0.15, -0.1) is 0 Å². The topological polar surface area (TPSA) is 21.3 Å². The molecule has 2 nitrogen and oxygen atoms in total. The van der Waals surface area contributed by atoms with Gasteiger partial charge in [-0.1, -0.05) is 43.4 Å². The van der Waals surface area contributed by atoms with E-state index in [0.29, 0.717) is 17.7 Å². The number of hydrogen-bond donors (Lipinski definition) is 1. The van der Waals surface area contributed by atoms with Gasteiger partial charge < -0.3 is 10.1 Å². The predicted octanol–water partition coefficient (Wildman–Crippen LogP) is 4.34. The fourth-order valence-electron chi connectivity index (χ4n) is 2.63. The standard InChI is InChI=1S/C16H24ClNO/c1-13-8-9-15(17)16(12-13)19-11-10-18-14-6-4-2-3-5-7-14/h8-9,12,14,18H,2-7,10-11H2,1H3. The monoisotopic (exact) mass is 281 g/mol. The van der Waals surface area contributed by atoms with E-state index in [4.69, 9.17) is 16.3 Å². The average Bonchev–Trinajstić information content (AvgIpc) is 2.67. The molecule has 0 aromatic heterocycles. The normalized spacial score (nSPS) is 17.2. The summed E-state index contributed by atoms with van der Waals surface area (Å²) in [5, 5.41) is 4.29. The Bertz CT molecular complexity index is 386. The van der Waals surface area contributed by atoms with E-state index >= 15 is 0 Å². The largest absolute Gasteiger partial charge is 0.491 e. The first kappa shape index (κ1) is 14.7. The van der Waals surface area contributed by atoms with Gasteiger partial charge in [0.2, 0.25) is 0 Å². The van der Waals surface area contributed by atoms with Gasteiger partial charge in [0, 0.05) is 12.6 Å². The van der Waals surface area contributed by atoms with E-state index in [1.54, 1.807) is 0 Å². The number of halogens is 1. The van der Waals surface area contributed by atoms with Gasteiger partial charge in [0.25, 0.3) is 0 Å². The number of ether oxygens (including phenoxy) is 1. The van der Waals surface area contributed by atoms with Crippen molar-refractivity contribution in [3.05, 3.63) is 28.8 Å². The zero-order chi connectivity index (χ0) is 13.5. The number of hydrogen-bond acceptors (Lipinski definition) is 2. The van der Waals surface area contributed by atoms with Gasteiger partial charge in [-0.05, 0) is 37.5 Å². The Kier molecular flexibility index (Phi) is 5.99. The fourth-order valence-corrected chi connectivity index (χ4v) is 2.80. The van der Waals surface area contributed by atoms with Crippen LogP contribution in [0.2, 0.25) is 5.02 Å². The Hall–Kier alpha value is -0.730. The third-order valence-corrected chi connectivity index (χ3v) is 4.05. The van der Waals surface area contributed by atoms with Gasteiger partial charge in [0.15, 0.2) is 0 Å². The maximum Gasteiger partial charge on any atom is 0.138 e. The molecule has 1 fully saturated rings. The zero-order valence-corrected chi connectivity index (χ0v) is 12.5. The highest BCUT2D eigenvalue weighted by molar-refractivity contribution is 6.32. The Balaban J connectivity index is 1.69. The van der Waals surface area contributed by atoms with Crippen LogP contribution in [0.5, 0.6) is 5.75 Å². The Labute approximate surface area is 121 Å². The minimum Gasteiger partial charge on any atom is -0.491 e. The smallest absolute Gasteiger partial charge is 0.138 e. The van der Waals surface area contributed by atoms with E-state index in [1.165, 1.54) is 44.1 Å². The zero-order valence-electron chi connectivity index (χ0n) is 11.8. The van der Waals surface area contributed by atoms with Crippen LogP contribution in [-0.2, 0) is 0 Å². The van der Waals surface area contributed by atoms with Crippen LogP contribution in [-0.4, -0.2) is 19.2 Å². The molecular formula is C16H24ClNO. The lowest BCUT2D eigenvalue weighted by atomic mass is 10.1. The summed E-state index contributed by atoms with van der Waals surface area (Å²) in [6, 6.07) is 6.57. The number of aryl methyl sites for hydroxylation is 1. The molecule has 106 valence electrons. The summed E-state index contributed by atoms with van der Waals surface area (Å²) in [6.45, 7) is 3.63. The van der Waals surface area contributed by atoms with E-state index in [1.807, 2.05) is 25.1 Å². The summed E-state index contributed by atoms with van der Waals surface area (Å²) >= 11 is 6.10. The second-order valence-corrected chi connectivity index (χ2v) is 5.83. The molecule has 2 rings (SSSR count). The summed E-state index contributed by atoms with van der Waals surface area (Å²) in [5.41, 5.74) is 1.18. The SMILES string of the molecule is Cc1ccc(Cl)c(OCCNC2CCCCCC2)c1. The first-order valence-electron chi connectivity index (χ1n) is 7.38. The highest BCUT2D eigenvalue weighted by Gasteiger charge is 2.11. The maximum atomic E-state index is 6.10. The lowest BCUT2D eigenvalue weighted by Gasteiger charge is -2.16. The molecule has 0 bridgehead atoms. The molecule has 0 atom stereocenters. The molecule has 1 aromatic carbocycles. The number of nitrogens with one attached hydrogen (secondary N) is 1. The second kappa shape index (κ2) is 7.76. The van der Waals surface area contributed by atoms with Crippen LogP contribution in [0.3, 0.4) is 0 Å². The lowest BCUT2D eigenvalue weighted by molar-refractivity contribution is 0.300. The van der Waals surface area contributed by atoms with E-state index < -0.39 is 0 Å². The number of benzene rings is 1. The fraction of sp³-hybridized carbons (Fsp3) is 0.625. The van der Waals surface area contributed by atoms with E-state index in [2.05, 4.69) is 5.32 Å². The molecule has 1 aliphatic carbocycles. The van der Waals surface area contributed by atoms with Crippen molar-refractivity contribution in [3.8, 4) is 5.75 Å². The van der Waals surface area contributed by atoms with Crippen molar-refractivity contribution in [2.45, 2.75) is 51.5 Å². The summed E-state index contributed by atoms with van der Waals surface area (Å²) in [4.78, 5) is 0. The van der Waals surface area contributed by atoms with Gasteiger partial charge >= 0.3 is 0 Å². The highest BCUT2D eigenvalue weighted by atomic mass is 35.5. The van der Waals surface area contributed by atoms with Crippen LogP contribution in [0.15, 0.2) is 18.2 Å². The van der Waals surface area contributed by atoms with Gasteiger partial charge in [-0.2, -0.15) is 0 Å². The summed E-state index contributed by atoms with van der Waals surface area (Å²) < 4.78 is 5.75. The highest BCUT2D eigenvalue weighted by Crippen LogP contribution is 2.25. The van der Waals surface area contributed by atoms with Crippen LogP contribution in [0.1, 0.15) is 44.1 Å². The Morgan fingerprint density at radius 2 is 1.95 bits per heavy atom. The van der Waals surface area contributed by atoms with Gasteiger partial charge in [-0.3, -0.25) is 0 Å². The van der Waals surface area contributed by atoms with Crippen molar-refractivity contribution in [2.24, 2.45) is 0 Å². The van der Waals surface area contributed by atoms with Crippen LogP contribution in [0.4, 0.5) is 0 Å². The van der Waals surface area contributed by atoms with Crippen molar-refractivity contribution in [2.75, 3.05) is 13.2 Å². The van der Waals surface area contributed by atoms with Crippen LogP contribution >= 0.6 is 11.6 Å². The molecule has 0 saturated heterocycles. The molecule has 19 heavy (non-hydrogen) atoms. The first-order valence-corrected chi connectivity index (χ1v) is 7.76. The van der Waals surface area contributed by atoms with Crippen LogP contribution in [0, 0.1) is 6.92 Å². The molecule has 0 spiro atoms. The third-order valence-electron chi connectivity index (χ3n) is 3.73. The molecule has 1 aromatic rings. The molecule has 1 N–H and O–H groups in total. The van der Waals surface area contributed by atoms with Crippen molar-refractivity contribution in [3.63, 3.8) is 0 Å². The van der Waals surface area contributed by atoms with Crippen molar-refractivity contribution < 1.29 is 4.74 Å². The molecular weight excluding hydrogens is 258 g/mol. The van der Waals surface area contributed by atoms with Crippen LogP contribution < -0.4 is 10.1 Å². The van der Waals surface area contributed by atoms with Gasteiger partial charge in [0.1, 0.15) is 12.4 Å². The van der Waals surface area contributed by atoms with Gasteiger partial charge in [-0.25, -0.2) is 0 Å². The summed E-state index contributed by atoms with van der Waals surface area (Å²) in [6.07, 6.45) is 8.14. The molecule has 0 aliphatic heterocycles. The average molecular weight is 282 g/mol. The Morgan fingerprint density at radius 1 is 1.21 bits per heavy atom. The van der Waals surface area contributed by atoms with Crippen molar-refractivity contribution >= 4 is 11.6 Å². The summed E-state index contributed by atoms with van der Waals surface area (Å²) in [5.74, 6) is 0.796. The molecule has 1 saturated carbocycles. The third kappa shape index (κ3) is 5.04. The second-order valence-electron chi connectivity index (χ2n) is 5.42. The quantitative estimate of drug-likeness (QED) is 0.640. The van der Waals surface area contributed by atoms with Crippen molar-refractivity contribution in [1.29, 1.82) is 0 Å². The lowest BCUT2D eigenvalue weighted by Crippen LogP contribution is -2.32. The van der Waals surface area contributed by atoms with E-state index in [-0.39, 0.29) is 0 Å². The minimum absolute atomic E-state index is 0.680. The first-order chi connectivity index (χ1) is 9.25. The molecule has 3 heteroatoms. The molecule has 0 heterocycles. The van der Waals surface area contributed by atoms with E-state index in [9.17, 15) is 0 Å². The molecule has 0 radical (unpaired) electrons. The maximum absolute atomic E-state index is 6.10. The summed E-state index contributed by atoms with van der Waals surface area (Å²) in [7, 11) is 0. The predicted molar refractivity (Wildman–Crippen MR) is 81.2 cm³/mol.